The van der Waals surface area contributed by atoms with E-state index in [1.165, 1.54) is 10.9 Å². The average molecular weight is 367 g/mol. The number of rotatable bonds is 7. The maximum absolute atomic E-state index is 12.8. The van der Waals surface area contributed by atoms with Crippen LogP contribution in [-0.4, -0.2) is 21.8 Å². The summed E-state index contributed by atoms with van der Waals surface area (Å²) in [7, 11) is 0. The number of nitrogens with zero attached hydrogens (tertiary/aromatic N) is 1. The molecule has 134 valence electrons. The molecule has 0 unspecified atom stereocenters. The van der Waals surface area contributed by atoms with E-state index in [9.17, 15) is 4.79 Å². The summed E-state index contributed by atoms with van der Waals surface area (Å²) < 4.78 is 0. The number of benzene rings is 2. The zero-order chi connectivity index (χ0) is 17.9. The largest absolute Gasteiger partial charge is 0.361 e. The molecule has 1 amide bonds. The van der Waals surface area contributed by atoms with Gasteiger partial charge in [0.05, 0.1) is 0 Å². The minimum absolute atomic E-state index is 0.266. The van der Waals surface area contributed by atoms with Gasteiger partial charge >= 0.3 is 0 Å². The third kappa shape index (κ3) is 3.94. The van der Waals surface area contributed by atoms with Gasteiger partial charge in [-0.05, 0) is 55.0 Å². The molecule has 26 heavy (non-hydrogen) atoms. The molecule has 2 aromatic carbocycles. The minimum atomic E-state index is 0.266. The lowest BCUT2D eigenvalue weighted by Crippen LogP contribution is -2.32. The summed E-state index contributed by atoms with van der Waals surface area (Å²) in [6.45, 7) is 0.688. The molecule has 1 heterocycles. The van der Waals surface area contributed by atoms with Gasteiger partial charge in [-0.15, -0.1) is 0 Å². The zero-order valence-corrected chi connectivity index (χ0v) is 15.5. The van der Waals surface area contributed by atoms with Crippen LogP contribution in [0.4, 0.5) is 0 Å². The lowest BCUT2D eigenvalue weighted by Gasteiger charge is -2.22. The molecule has 1 saturated carbocycles. The fraction of sp³-hybridized carbons (Fsp3) is 0.318. The van der Waals surface area contributed by atoms with E-state index in [1.807, 2.05) is 30.3 Å². The Morgan fingerprint density at radius 2 is 1.88 bits per heavy atom. The standard InChI is InChI=1S/C22H23ClN2O/c23-18-10-8-16(9-11-18)15-25(19-12-13-19)22(26)7-3-4-17-14-24-21-6-2-1-5-20(17)21/h1-2,5-6,8-11,14,19,24H,3-4,7,12-13,15H2. The predicted octanol–water partition coefficient (Wildman–Crippen LogP) is 5.34. The SMILES string of the molecule is O=C(CCCc1c[nH]c2ccccc12)N(Cc1ccc(Cl)cc1)C1CC1. The van der Waals surface area contributed by atoms with Crippen LogP contribution in [0.25, 0.3) is 10.9 Å². The van der Waals surface area contributed by atoms with E-state index in [1.54, 1.807) is 0 Å². The summed E-state index contributed by atoms with van der Waals surface area (Å²) in [6.07, 6.45) is 6.73. The molecule has 0 aliphatic heterocycles. The molecule has 1 aliphatic rings. The lowest BCUT2D eigenvalue weighted by atomic mass is 10.1. The number of carbonyl (C=O) groups excluding carboxylic acids is 1. The summed E-state index contributed by atoms with van der Waals surface area (Å²) in [4.78, 5) is 18.1. The van der Waals surface area contributed by atoms with Gasteiger partial charge in [0.25, 0.3) is 0 Å². The number of H-pyrrole nitrogens is 1. The number of carbonyl (C=O) groups is 1. The van der Waals surface area contributed by atoms with Crippen molar-refractivity contribution < 1.29 is 4.79 Å². The zero-order valence-electron chi connectivity index (χ0n) is 14.7. The highest BCUT2D eigenvalue weighted by Crippen LogP contribution is 2.29. The number of aryl methyl sites for hydroxylation is 1. The van der Waals surface area contributed by atoms with Gasteiger partial charge in [0.15, 0.2) is 0 Å². The first-order valence-corrected chi connectivity index (χ1v) is 9.67. The van der Waals surface area contributed by atoms with Crippen molar-refractivity contribution in [1.82, 2.24) is 9.88 Å². The van der Waals surface area contributed by atoms with E-state index in [0.29, 0.717) is 19.0 Å². The van der Waals surface area contributed by atoms with Gasteiger partial charge in [-0.2, -0.15) is 0 Å². The second-order valence-electron chi connectivity index (χ2n) is 7.09. The van der Waals surface area contributed by atoms with Gasteiger partial charge < -0.3 is 9.88 Å². The molecular formula is C22H23ClN2O. The van der Waals surface area contributed by atoms with Crippen molar-refractivity contribution >= 4 is 28.4 Å². The van der Waals surface area contributed by atoms with Crippen LogP contribution in [0.5, 0.6) is 0 Å². The monoisotopic (exact) mass is 366 g/mol. The van der Waals surface area contributed by atoms with Gasteiger partial charge in [-0.25, -0.2) is 0 Å². The minimum Gasteiger partial charge on any atom is -0.361 e. The second kappa shape index (κ2) is 7.55. The Morgan fingerprint density at radius 3 is 2.65 bits per heavy atom. The van der Waals surface area contributed by atoms with Crippen molar-refractivity contribution in [2.75, 3.05) is 0 Å². The van der Waals surface area contributed by atoms with E-state index >= 15 is 0 Å². The summed E-state index contributed by atoms with van der Waals surface area (Å²) in [6, 6.07) is 16.6. The quantitative estimate of drug-likeness (QED) is 0.602. The Balaban J connectivity index is 1.35. The van der Waals surface area contributed by atoms with Gasteiger partial charge in [-0.1, -0.05) is 41.9 Å². The van der Waals surface area contributed by atoms with Crippen molar-refractivity contribution in [3.05, 3.63) is 70.9 Å². The van der Waals surface area contributed by atoms with Crippen LogP contribution in [0.3, 0.4) is 0 Å². The topological polar surface area (TPSA) is 36.1 Å². The molecule has 1 aliphatic carbocycles. The molecule has 4 rings (SSSR count). The molecule has 0 bridgehead atoms. The number of aromatic nitrogens is 1. The molecule has 0 radical (unpaired) electrons. The van der Waals surface area contributed by atoms with E-state index in [-0.39, 0.29) is 5.91 Å². The van der Waals surface area contributed by atoms with Crippen molar-refractivity contribution in [1.29, 1.82) is 0 Å². The van der Waals surface area contributed by atoms with Crippen LogP contribution in [0.15, 0.2) is 54.7 Å². The third-order valence-corrected chi connectivity index (χ3v) is 5.34. The van der Waals surface area contributed by atoms with Gasteiger partial charge in [0.1, 0.15) is 0 Å². The average Bonchev–Trinajstić information content (AvgIpc) is 3.42. The molecule has 3 nitrogen and oxygen atoms in total. The van der Waals surface area contributed by atoms with E-state index in [0.717, 1.165) is 41.8 Å². The van der Waals surface area contributed by atoms with Crippen molar-refractivity contribution in [3.63, 3.8) is 0 Å². The first kappa shape index (κ1) is 17.2. The summed E-state index contributed by atoms with van der Waals surface area (Å²) in [5.74, 6) is 0.266. The lowest BCUT2D eigenvalue weighted by molar-refractivity contribution is -0.132. The van der Waals surface area contributed by atoms with Crippen LogP contribution in [0.1, 0.15) is 36.8 Å². The Bertz CT molecular complexity index is 896. The molecule has 1 fully saturated rings. The van der Waals surface area contributed by atoms with Crippen molar-refractivity contribution in [2.24, 2.45) is 0 Å². The van der Waals surface area contributed by atoms with Crippen molar-refractivity contribution in [2.45, 2.75) is 44.7 Å². The smallest absolute Gasteiger partial charge is 0.223 e. The first-order chi connectivity index (χ1) is 12.7. The number of para-hydroxylation sites is 1. The van der Waals surface area contributed by atoms with Crippen LogP contribution >= 0.6 is 11.6 Å². The third-order valence-electron chi connectivity index (χ3n) is 5.09. The summed E-state index contributed by atoms with van der Waals surface area (Å²) in [5.41, 5.74) is 3.60. The molecule has 1 aromatic heterocycles. The number of hydrogen-bond donors (Lipinski definition) is 1. The van der Waals surface area contributed by atoms with Crippen LogP contribution in [-0.2, 0) is 17.8 Å². The Hall–Kier alpha value is -2.26. The van der Waals surface area contributed by atoms with Crippen LogP contribution in [0.2, 0.25) is 5.02 Å². The predicted molar refractivity (Wildman–Crippen MR) is 106 cm³/mol. The molecule has 3 aromatic rings. The van der Waals surface area contributed by atoms with Crippen LogP contribution in [0, 0.1) is 0 Å². The van der Waals surface area contributed by atoms with E-state index in [4.69, 9.17) is 11.6 Å². The van der Waals surface area contributed by atoms with E-state index < -0.39 is 0 Å². The highest BCUT2D eigenvalue weighted by molar-refractivity contribution is 6.30. The number of aromatic amines is 1. The number of halogens is 1. The molecule has 4 heteroatoms. The maximum Gasteiger partial charge on any atom is 0.223 e. The maximum atomic E-state index is 12.8. The van der Waals surface area contributed by atoms with Crippen LogP contribution < -0.4 is 0 Å². The highest BCUT2D eigenvalue weighted by atomic mass is 35.5. The van der Waals surface area contributed by atoms with Gasteiger partial charge in [0.2, 0.25) is 5.91 Å². The second-order valence-corrected chi connectivity index (χ2v) is 7.53. The fourth-order valence-corrected chi connectivity index (χ4v) is 3.63. The Labute approximate surface area is 159 Å². The molecule has 0 spiro atoms. The Kier molecular flexibility index (Phi) is 4.98. The van der Waals surface area contributed by atoms with Crippen molar-refractivity contribution in [3.8, 4) is 0 Å². The molecule has 0 saturated heterocycles. The normalized spacial score (nSPS) is 13.9. The van der Waals surface area contributed by atoms with Gasteiger partial charge in [-0.3, -0.25) is 4.79 Å². The molecular weight excluding hydrogens is 344 g/mol. The number of amides is 1. The van der Waals surface area contributed by atoms with Gasteiger partial charge in [0, 0.05) is 41.1 Å². The fourth-order valence-electron chi connectivity index (χ4n) is 3.51. The first-order valence-electron chi connectivity index (χ1n) is 9.29. The molecule has 0 atom stereocenters. The van der Waals surface area contributed by atoms with E-state index in [2.05, 4.69) is 34.3 Å². The summed E-state index contributed by atoms with van der Waals surface area (Å²) >= 11 is 5.96. The Morgan fingerprint density at radius 1 is 1.12 bits per heavy atom. The number of fused-ring (bicyclic) bond motifs is 1. The molecule has 1 N–H and O–H groups in total. The number of hydrogen-bond acceptors (Lipinski definition) is 1. The number of nitrogens with one attached hydrogen (secondary N) is 1. The summed E-state index contributed by atoms with van der Waals surface area (Å²) in [5, 5.41) is 2.00. The highest BCUT2D eigenvalue weighted by Gasteiger charge is 2.32.